The van der Waals surface area contributed by atoms with Crippen LogP contribution in [-0.4, -0.2) is 38.5 Å². The smallest absolute Gasteiger partial charge is 0.223 e. The molecule has 2 aromatic carbocycles. The van der Waals surface area contributed by atoms with Crippen molar-refractivity contribution in [1.29, 1.82) is 0 Å². The fourth-order valence-electron chi connectivity index (χ4n) is 4.78. The molecule has 4 rings (SSSR count). The summed E-state index contributed by atoms with van der Waals surface area (Å²) in [5.41, 5.74) is 1.03. The van der Waals surface area contributed by atoms with E-state index in [1.165, 1.54) is 0 Å². The molecular weight excluding hydrogens is 418 g/mol. The van der Waals surface area contributed by atoms with Crippen LogP contribution in [0.5, 0.6) is 0 Å². The molecule has 2 aromatic rings. The van der Waals surface area contributed by atoms with Gasteiger partial charge in [0.25, 0.3) is 0 Å². The van der Waals surface area contributed by atoms with Gasteiger partial charge in [0.15, 0.2) is 9.84 Å². The van der Waals surface area contributed by atoms with Crippen LogP contribution in [0.4, 0.5) is 0 Å². The van der Waals surface area contributed by atoms with E-state index in [4.69, 9.17) is 0 Å². The molecule has 0 radical (unpaired) electrons. The second-order valence-electron chi connectivity index (χ2n) is 9.45. The predicted octanol–water partition coefficient (Wildman–Crippen LogP) is 4.14. The van der Waals surface area contributed by atoms with Crippen molar-refractivity contribution in [1.82, 2.24) is 4.31 Å². The van der Waals surface area contributed by atoms with Crippen molar-refractivity contribution >= 4 is 19.9 Å². The maximum Gasteiger partial charge on any atom is 0.243 e. The Morgan fingerprint density at radius 1 is 0.767 bits per heavy atom. The number of fused-ring (bicyclic) bond motifs is 2. The first-order valence-electron chi connectivity index (χ1n) is 10.4. The highest BCUT2D eigenvalue weighted by Gasteiger charge is 2.50. The largest absolute Gasteiger partial charge is 0.243 e. The Hall–Kier alpha value is -1.70. The fraction of sp³-hybridized carbons (Fsp3) is 0.478. The summed E-state index contributed by atoms with van der Waals surface area (Å²) >= 11 is 0. The lowest BCUT2D eigenvalue weighted by molar-refractivity contribution is 0.249. The Morgan fingerprint density at radius 3 is 1.80 bits per heavy atom. The van der Waals surface area contributed by atoms with E-state index >= 15 is 0 Å². The van der Waals surface area contributed by atoms with Crippen molar-refractivity contribution in [3.8, 4) is 0 Å². The molecule has 2 fully saturated rings. The first-order chi connectivity index (χ1) is 14.0. The summed E-state index contributed by atoms with van der Waals surface area (Å²) in [6.45, 7) is 6.28. The molecule has 30 heavy (non-hydrogen) atoms. The minimum atomic E-state index is -3.66. The molecule has 0 aromatic heterocycles. The average Bonchev–Trinajstić information content (AvgIpc) is 2.99. The molecule has 162 valence electrons. The third-order valence-electron chi connectivity index (χ3n) is 6.43. The van der Waals surface area contributed by atoms with E-state index in [0.717, 1.165) is 5.56 Å². The highest BCUT2D eigenvalue weighted by atomic mass is 32.2. The molecule has 0 amide bonds. The van der Waals surface area contributed by atoms with Gasteiger partial charge in [0, 0.05) is 12.1 Å². The standard InChI is InChI=1S/C23H29NO4S2/c1-23(2,3)17-9-13-21(14-10-17)30(27,28)24-18-11-12-19(24)16-22(15-18)29(25,26)20-7-5-4-6-8-20/h4-10,13-14,18-19,22H,11-12,15-16H2,1-3H3. The van der Waals surface area contributed by atoms with Gasteiger partial charge in [0.2, 0.25) is 10.0 Å². The molecule has 0 N–H and O–H groups in total. The van der Waals surface area contributed by atoms with Gasteiger partial charge < -0.3 is 0 Å². The lowest BCUT2D eigenvalue weighted by Gasteiger charge is -2.37. The minimum Gasteiger partial charge on any atom is -0.223 e. The number of benzene rings is 2. The van der Waals surface area contributed by atoms with E-state index in [0.29, 0.717) is 30.6 Å². The number of hydrogen-bond donors (Lipinski definition) is 0. The van der Waals surface area contributed by atoms with Crippen LogP contribution in [0.1, 0.15) is 52.0 Å². The number of sulfonamides is 1. The van der Waals surface area contributed by atoms with E-state index in [-0.39, 0.29) is 22.4 Å². The average molecular weight is 448 g/mol. The maximum atomic E-state index is 13.4. The predicted molar refractivity (Wildman–Crippen MR) is 118 cm³/mol. The van der Waals surface area contributed by atoms with Crippen LogP contribution in [0.2, 0.25) is 0 Å². The number of hydrogen-bond acceptors (Lipinski definition) is 4. The Labute approximate surface area is 180 Å². The van der Waals surface area contributed by atoms with Crippen molar-refractivity contribution in [3.05, 3.63) is 60.2 Å². The second kappa shape index (κ2) is 7.46. The van der Waals surface area contributed by atoms with Crippen molar-refractivity contribution in [2.24, 2.45) is 0 Å². The van der Waals surface area contributed by atoms with Gasteiger partial charge in [-0.3, -0.25) is 0 Å². The zero-order valence-electron chi connectivity index (χ0n) is 17.7. The van der Waals surface area contributed by atoms with Gasteiger partial charge in [0.1, 0.15) is 0 Å². The van der Waals surface area contributed by atoms with Gasteiger partial charge in [-0.05, 0) is 60.9 Å². The molecule has 0 aliphatic carbocycles. The van der Waals surface area contributed by atoms with E-state index in [1.54, 1.807) is 46.8 Å². The van der Waals surface area contributed by atoms with Crippen LogP contribution < -0.4 is 0 Å². The van der Waals surface area contributed by atoms with Crippen molar-refractivity contribution < 1.29 is 16.8 Å². The van der Waals surface area contributed by atoms with Crippen molar-refractivity contribution in [3.63, 3.8) is 0 Å². The Morgan fingerprint density at radius 2 is 1.30 bits per heavy atom. The zero-order valence-corrected chi connectivity index (χ0v) is 19.3. The van der Waals surface area contributed by atoms with E-state index < -0.39 is 25.1 Å². The molecule has 2 heterocycles. The molecule has 0 spiro atoms. The summed E-state index contributed by atoms with van der Waals surface area (Å²) in [5, 5.41) is -0.535. The highest BCUT2D eigenvalue weighted by molar-refractivity contribution is 7.92. The highest BCUT2D eigenvalue weighted by Crippen LogP contribution is 2.43. The van der Waals surface area contributed by atoms with Gasteiger partial charge >= 0.3 is 0 Å². The number of piperidine rings is 1. The zero-order chi connectivity index (χ0) is 21.7. The minimum absolute atomic E-state index is 0.0501. The molecular formula is C23H29NO4S2. The molecule has 2 aliphatic rings. The fourth-order valence-corrected chi connectivity index (χ4v) is 8.54. The molecule has 5 nitrogen and oxygen atoms in total. The van der Waals surface area contributed by atoms with E-state index in [2.05, 4.69) is 20.8 Å². The molecule has 7 heteroatoms. The van der Waals surface area contributed by atoms with Crippen LogP contribution >= 0.6 is 0 Å². The summed E-state index contributed by atoms with van der Waals surface area (Å²) in [7, 11) is -7.12. The molecule has 2 unspecified atom stereocenters. The van der Waals surface area contributed by atoms with Gasteiger partial charge in [-0.25, -0.2) is 16.8 Å². The summed E-state index contributed by atoms with van der Waals surface area (Å²) in [4.78, 5) is 0.611. The third-order valence-corrected chi connectivity index (χ3v) is 10.6. The van der Waals surface area contributed by atoms with E-state index in [9.17, 15) is 16.8 Å². The van der Waals surface area contributed by atoms with Crippen LogP contribution in [-0.2, 0) is 25.3 Å². The van der Waals surface area contributed by atoms with Crippen molar-refractivity contribution in [2.45, 2.75) is 79.0 Å². The lowest BCUT2D eigenvalue weighted by Crippen LogP contribution is -2.49. The normalized spacial score (nSPS) is 25.4. The summed E-state index contributed by atoms with van der Waals surface area (Å²) in [6.07, 6.45) is 2.13. The van der Waals surface area contributed by atoms with Crippen LogP contribution in [0.3, 0.4) is 0 Å². The quantitative estimate of drug-likeness (QED) is 0.706. The molecule has 2 bridgehead atoms. The number of sulfone groups is 1. The number of nitrogens with zero attached hydrogens (tertiary/aromatic N) is 1. The van der Waals surface area contributed by atoms with Crippen molar-refractivity contribution in [2.75, 3.05) is 0 Å². The number of rotatable bonds is 4. The van der Waals surface area contributed by atoms with Crippen LogP contribution in [0.25, 0.3) is 0 Å². The topological polar surface area (TPSA) is 71.5 Å². The molecule has 2 saturated heterocycles. The first-order valence-corrected chi connectivity index (χ1v) is 13.4. The van der Waals surface area contributed by atoms with Crippen LogP contribution in [0, 0.1) is 0 Å². The first kappa shape index (κ1) is 21.5. The monoisotopic (exact) mass is 447 g/mol. The van der Waals surface area contributed by atoms with Gasteiger partial charge in [-0.15, -0.1) is 0 Å². The summed E-state index contributed by atoms with van der Waals surface area (Å²) in [6, 6.07) is 15.1. The Bertz CT molecular complexity index is 1100. The van der Waals surface area contributed by atoms with Gasteiger partial charge in [-0.2, -0.15) is 4.31 Å². The maximum absolute atomic E-state index is 13.4. The van der Waals surface area contributed by atoms with Gasteiger partial charge in [0.05, 0.1) is 15.0 Å². The molecule has 2 atom stereocenters. The van der Waals surface area contributed by atoms with Gasteiger partial charge in [-0.1, -0.05) is 51.1 Å². The summed E-state index contributed by atoms with van der Waals surface area (Å²) < 4.78 is 54.6. The summed E-state index contributed by atoms with van der Waals surface area (Å²) in [5.74, 6) is 0. The molecule has 2 aliphatic heterocycles. The molecule has 0 saturated carbocycles. The van der Waals surface area contributed by atoms with E-state index in [1.807, 2.05) is 12.1 Å². The second-order valence-corrected chi connectivity index (χ2v) is 13.5. The Kier molecular flexibility index (Phi) is 5.36. The Balaban J connectivity index is 1.59. The lowest BCUT2D eigenvalue weighted by atomic mass is 9.87. The van der Waals surface area contributed by atoms with Crippen LogP contribution in [0.15, 0.2) is 64.4 Å². The SMILES string of the molecule is CC(C)(C)c1ccc(S(=O)(=O)N2C3CCC2CC(S(=O)(=O)c2ccccc2)C3)cc1. The third kappa shape index (κ3) is 3.72.